The molecule has 2 unspecified atom stereocenters. The zero-order chi connectivity index (χ0) is 17.7. The third kappa shape index (κ3) is 5.24. The van der Waals surface area contributed by atoms with Crippen LogP contribution in [0.4, 0.5) is 0 Å². The van der Waals surface area contributed by atoms with Crippen LogP contribution in [0.5, 0.6) is 5.75 Å². The maximum Gasteiger partial charge on any atom is 0.326 e. The SMILES string of the molecule is CC(OC(=O)C(N)C(C)C)Oc1c(C(C)C)cccc1C(C)C. The van der Waals surface area contributed by atoms with Gasteiger partial charge in [-0.25, -0.2) is 0 Å². The molecule has 0 heterocycles. The maximum atomic E-state index is 12.0. The van der Waals surface area contributed by atoms with Crippen LogP contribution in [-0.2, 0) is 9.53 Å². The van der Waals surface area contributed by atoms with E-state index in [0.29, 0.717) is 11.8 Å². The Bertz CT molecular complexity index is 497. The molecule has 0 aromatic heterocycles. The Kier molecular flexibility index (Phi) is 7.07. The number of rotatable bonds is 7. The number of esters is 1. The second-order valence-corrected chi connectivity index (χ2v) is 6.97. The lowest BCUT2D eigenvalue weighted by atomic mass is 9.94. The molecule has 0 bridgehead atoms. The molecular weight excluding hydrogens is 290 g/mol. The van der Waals surface area contributed by atoms with Crippen LogP contribution in [0.15, 0.2) is 18.2 Å². The van der Waals surface area contributed by atoms with E-state index in [2.05, 4.69) is 39.8 Å². The molecule has 0 aliphatic carbocycles. The minimum absolute atomic E-state index is 0.0314. The number of hydrogen-bond acceptors (Lipinski definition) is 4. The average molecular weight is 321 g/mol. The Labute approximate surface area is 140 Å². The fourth-order valence-electron chi connectivity index (χ4n) is 2.32. The zero-order valence-electron chi connectivity index (χ0n) is 15.4. The average Bonchev–Trinajstić information content (AvgIpc) is 2.45. The summed E-state index contributed by atoms with van der Waals surface area (Å²) in [6, 6.07) is 5.52. The fraction of sp³-hybridized carbons (Fsp3) is 0.632. The normalized spacial score (nSPS) is 14.2. The smallest absolute Gasteiger partial charge is 0.326 e. The van der Waals surface area contributed by atoms with E-state index in [1.54, 1.807) is 6.92 Å². The summed E-state index contributed by atoms with van der Waals surface area (Å²) >= 11 is 0. The summed E-state index contributed by atoms with van der Waals surface area (Å²) in [4.78, 5) is 12.0. The molecule has 4 heteroatoms. The number of carbonyl (C=O) groups is 1. The molecule has 4 nitrogen and oxygen atoms in total. The standard InChI is InChI=1S/C19H31NO3/c1-11(2)15-9-8-10-16(12(3)4)18(15)22-14(7)23-19(21)17(20)13(5)6/h8-14,17H,20H2,1-7H3. The molecule has 0 radical (unpaired) electrons. The van der Waals surface area contributed by atoms with E-state index < -0.39 is 18.3 Å². The van der Waals surface area contributed by atoms with E-state index >= 15 is 0 Å². The predicted octanol–water partition coefficient (Wildman–Crippen LogP) is 4.18. The Hall–Kier alpha value is -1.55. The van der Waals surface area contributed by atoms with Crippen LogP contribution in [-0.4, -0.2) is 18.3 Å². The van der Waals surface area contributed by atoms with Crippen LogP contribution in [0.3, 0.4) is 0 Å². The number of ether oxygens (including phenoxy) is 2. The van der Waals surface area contributed by atoms with Gasteiger partial charge in [-0.05, 0) is 28.9 Å². The van der Waals surface area contributed by atoms with Crippen molar-refractivity contribution in [2.75, 3.05) is 0 Å². The van der Waals surface area contributed by atoms with Crippen molar-refractivity contribution in [2.45, 2.75) is 72.6 Å². The molecule has 1 rings (SSSR count). The van der Waals surface area contributed by atoms with Crippen molar-refractivity contribution in [3.05, 3.63) is 29.3 Å². The highest BCUT2D eigenvalue weighted by Gasteiger charge is 2.23. The fourth-order valence-corrected chi connectivity index (χ4v) is 2.32. The summed E-state index contributed by atoms with van der Waals surface area (Å²) in [5.41, 5.74) is 8.06. The summed E-state index contributed by atoms with van der Waals surface area (Å²) in [6.45, 7) is 14.0. The second-order valence-electron chi connectivity index (χ2n) is 6.97. The van der Waals surface area contributed by atoms with E-state index in [-0.39, 0.29) is 5.92 Å². The Morgan fingerprint density at radius 3 is 1.83 bits per heavy atom. The highest BCUT2D eigenvalue weighted by atomic mass is 16.7. The van der Waals surface area contributed by atoms with Crippen molar-refractivity contribution in [3.8, 4) is 5.75 Å². The monoisotopic (exact) mass is 321 g/mol. The Morgan fingerprint density at radius 1 is 0.957 bits per heavy atom. The van der Waals surface area contributed by atoms with Crippen LogP contribution in [0.25, 0.3) is 0 Å². The molecule has 0 spiro atoms. The topological polar surface area (TPSA) is 61.5 Å². The zero-order valence-corrected chi connectivity index (χ0v) is 15.4. The van der Waals surface area contributed by atoms with Gasteiger partial charge in [0, 0.05) is 6.92 Å². The molecule has 1 aromatic rings. The van der Waals surface area contributed by atoms with Gasteiger partial charge < -0.3 is 15.2 Å². The molecule has 1 aromatic carbocycles. The third-order valence-electron chi connectivity index (χ3n) is 3.88. The minimum Gasteiger partial charge on any atom is -0.454 e. The lowest BCUT2D eigenvalue weighted by molar-refractivity contribution is -0.164. The minimum atomic E-state index is -0.676. The maximum absolute atomic E-state index is 12.0. The first kappa shape index (κ1) is 19.5. The first-order valence-corrected chi connectivity index (χ1v) is 8.40. The molecule has 0 saturated carbocycles. The van der Waals surface area contributed by atoms with Crippen LogP contribution < -0.4 is 10.5 Å². The lowest BCUT2D eigenvalue weighted by Gasteiger charge is -2.24. The number of hydrogen-bond donors (Lipinski definition) is 1. The van der Waals surface area contributed by atoms with Crippen LogP contribution in [0, 0.1) is 5.92 Å². The third-order valence-corrected chi connectivity index (χ3v) is 3.88. The van der Waals surface area contributed by atoms with E-state index in [0.717, 1.165) is 16.9 Å². The van der Waals surface area contributed by atoms with Crippen LogP contribution in [0.2, 0.25) is 0 Å². The molecule has 2 atom stereocenters. The van der Waals surface area contributed by atoms with Gasteiger partial charge in [0.2, 0.25) is 6.29 Å². The summed E-state index contributed by atoms with van der Waals surface area (Å²) in [7, 11) is 0. The van der Waals surface area contributed by atoms with Gasteiger partial charge in [-0.3, -0.25) is 4.79 Å². The van der Waals surface area contributed by atoms with E-state index in [9.17, 15) is 4.79 Å². The van der Waals surface area contributed by atoms with Crippen molar-refractivity contribution < 1.29 is 14.3 Å². The summed E-state index contributed by atoms with van der Waals surface area (Å²) in [5.74, 6) is 1.06. The van der Waals surface area contributed by atoms with Gasteiger partial charge in [-0.15, -0.1) is 0 Å². The molecule has 0 fully saturated rings. The van der Waals surface area contributed by atoms with Gasteiger partial charge in [0.25, 0.3) is 0 Å². The predicted molar refractivity (Wildman–Crippen MR) is 93.6 cm³/mol. The van der Waals surface area contributed by atoms with Gasteiger partial charge in [0.05, 0.1) is 0 Å². The molecule has 0 aliphatic rings. The van der Waals surface area contributed by atoms with Crippen LogP contribution >= 0.6 is 0 Å². The lowest BCUT2D eigenvalue weighted by Crippen LogP contribution is -2.39. The van der Waals surface area contributed by atoms with E-state index in [4.69, 9.17) is 15.2 Å². The van der Waals surface area contributed by atoms with Crippen molar-refractivity contribution in [3.63, 3.8) is 0 Å². The summed E-state index contributed by atoms with van der Waals surface area (Å²) in [5, 5.41) is 0. The largest absolute Gasteiger partial charge is 0.454 e. The quantitative estimate of drug-likeness (QED) is 0.604. The first-order valence-electron chi connectivity index (χ1n) is 8.40. The van der Waals surface area contributed by atoms with Gasteiger partial charge in [0.15, 0.2) is 0 Å². The summed E-state index contributed by atoms with van der Waals surface area (Å²) < 4.78 is 11.4. The molecular formula is C19H31NO3. The van der Waals surface area contributed by atoms with Crippen molar-refractivity contribution in [1.29, 1.82) is 0 Å². The molecule has 23 heavy (non-hydrogen) atoms. The van der Waals surface area contributed by atoms with Gasteiger partial charge in [0.1, 0.15) is 11.8 Å². The molecule has 0 saturated heterocycles. The van der Waals surface area contributed by atoms with Crippen LogP contribution in [0.1, 0.15) is 71.4 Å². The summed E-state index contributed by atoms with van der Waals surface area (Å²) in [6.07, 6.45) is -0.676. The number of para-hydroxylation sites is 1. The highest BCUT2D eigenvalue weighted by Crippen LogP contribution is 2.35. The van der Waals surface area contributed by atoms with Gasteiger partial charge >= 0.3 is 5.97 Å². The van der Waals surface area contributed by atoms with Crippen molar-refractivity contribution >= 4 is 5.97 Å². The molecule has 2 N–H and O–H groups in total. The molecule has 0 aliphatic heterocycles. The molecule has 130 valence electrons. The number of nitrogens with two attached hydrogens (primary N) is 1. The second kappa shape index (κ2) is 8.34. The van der Waals surface area contributed by atoms with E-state index in [1.165, 1.54) is 0 Å². The Balaban J connectivity index is 2.97. The van der Waals surface area contributed by atoms with Gasteiger partial charge in [-0.2, -0.15) is 0 Å². The Morgan fingerprint density at radius 2 is 1.43 bits per heavy atom. The first-order chi connectivity index (χ1) is 10.6. The van der Waals surface area contributed by atoms with Crippen molar-refractivity contribution in [1.82, 2.24) is 0 Å². The highest BCUT2D eigenvalue weighted by molar-refractivity contribution is 5.75. The molecule has 0 amide bonds. The van der Waals surface area contributed by atoms with Crippen molar-refractivity contribution in [2.24, 2.45) is 11.7 Å². The number of benzene rings is 1. The van der Waals surface area contributed by atoms with Gasteiger partial charge in [-0.1, -0.05) is 59.7 Å². The van der Waals surface area contributed by atoms with E-state index in [1.807, 2.05) is 19.9 Å². The number of carbonyl (C=O) groups excluding carboxylic acids is 1.